The Bertz CT molecular complexity index is 728. The SMILES string of the molecule is CC(=O)C[C@@H](CC(=O)NCCNCCN)C(=O)N[C@H](CC(C)C)C(=O)CCCOCCOCCN=[N+]=[N-]. The molecule has 0 aliphatic heterocycles. The third-order valence-corrected chi connectivity index (χ3v) is 5.18. The molecular weight excluding hydrogens is 482 g/mol. The Hall–Kier alpha value is -2.57. The van der Waals surface area contributed by atoms with E-state index in [4.69, 9.17) is 20.7 Å². The molecule has 0 spiro atoms. The van der Waals surface area contributed by atoms with Crippen LogP contribution in [0.5, 0.6) is 0 Å². The fourth-order valence-corrected chi connectivity index (χ4v) is 3.44. The van der Waals surface area contributed by atoms with E-state index in [0.29, 0.717) is 65.4 Å². The van der Waals surface area contributed by atoms with Crippen LogP contribution in [0.4, 0.5) is 0 Å². The number of carbonyl (C=O) groups excluding carboxylic acids is 4. The number of nitrogens with one attached hydrogen (secondary N) is 3. The van der Waals surface area contributed by atoms with Crippen LogP contribution < -0.4 is 21.7 Å². The van der Waals surface area contributed by atoms with Gasteiger partial charge in [-0.1, -0.05) is 19.0 Å². The van der Waals surface area contributed by atoms with Gasteiger partial charge in [0.1, 0.15) is 5.78 Å². The minimum atomic E-state index is -0.848. The fraction of sp³-hybridized carbons (Fsp3) is 0.833. The number of carbonyl (C=O) groups is 4. The third kappa shape index (κ3) is 20.2. The van der Waals surface area contributed by atoms with Crippen molar-refractivity contribution in [3.05, 3.63) is 10.4 Å². The maximum Gasteiger partial charge on any atom is 0.224 e. The Morgan fingerprint density at radius 3 is 2.32 bits per heavy atom. The van der Waals surface area contributed by atoms with E-state index in [-0.39, 0.29) is 49.2 Å². The van der Waals surface area contributed by atoms with E-state index in [2.05, 4.69) is 26.0 Å². The minimum absolute atomic E-state index is 0.0773. The van der Waals surface area contributed by atoms with Gasteiger partial charge in [-0.2, -0.15) is 0 Å². The molecule has 0 aromatic heterocycles. The molecule has 0 rings (SSSR count). The van der Waals surface area contributed by atoms with Gasteiger partial charge in [0.2, 0.25) is 11.8 Å². The number of Topliss-reactive ketones (excluding diaryl/α,β-unsaturated/α-hetero) is 2. The maximum atomic E-state index is 13.0. The number of azide groups is 1. The molecule has 0 unspecified atom stereocenters. The molecule has 0 aromatic rings. The highest BCUT2D eigenvalue weighted by Crippen LogP contribution is 2.14. The van der Waals surface area contributed by atoms with E-state index in [1.54, 1.807) is 0 Å². The van der Waals surface area contributed by atoms with Crippen LogP contribution in [0.25, 0.3) is 10.4 Å². The number of amides is 2. The summed E-state index contributed by atoms with van der Waals surface area (Å²) < 4.78 is 10.7. The first-order valence-corrected chi connectivity index (χ1v) is 12.9. The number of hydrogen-bond acceptors (Lipinski definition) is 9. The first kappa shape index (κ1) is 34.4. The molecule has 0 saturated carbocycles. The zero-order chi connectivity index (χ0) is 27.9. The van der Waals surface area contributed by atoms with Gasteiger partial charge in [-0.25, -0.2) is 0 Å². The monoisotopic (exact) mass is 527 g/mol. The van der Waals surface area contributed by atoms with Gasteiger partial charge < -0.3 is 36.0 Å². The highest BCUT2D eigenvalue weighted by atomic mass is 16.5. The summed E-state index contributed by atoms with van der Waals surface area (Å²) in [4.78, 5) is 52.5. The van der Waals surface area contributed by atoms with Gasteiger partial charge in [0.25, 0.3) is 0 Å². The van der Waals surface area contributed by atoms with Crippen LogP contribution in [-0.2, 0) is 28.7 Å². The lowest BCUT2D eigenvalue weighted by atomic mass is 9.94. The molecule has 0 saturated heterocycles. The second-order valence-corrected chi connectivity index (χ2v) is 9.14. The minimum Gasteiger partial charge on any atom is -0.379 e. The average Bonchev–Trinajstić information content (AvgIpc) is 2.83. The molecule has 5 N–H and O–H groups in total. The van der Waals surface area contributed by atoms with Gasteiger partial charge in [-0.15, -0.1) is 0 Å². The van der Waals surface area contributed by atoms with Gasteiger partial charge in [-0.3, -0.25) is 14.4 Å². The highest BCUT2D eigenvalue weighted by Gasteiger charge is 2.28. The molecule has 0 bridgehead atoms. The zero-order valence-electron chi connectivity index (χ0n) is 22.5. The van der Waals surface area contributed by atoms with E-state index < -0.39 is 17.9 Å². The highest BCUT2D eigenvalue weighted by molar-refractivity contribution is 5.93. The molecule has 0 fully saturated rings. The van der Waals surface area contributed by atoms with Crippen LogP contribution in [-0.4, -0.2) is 88.6 Å². The van der Waals surface area contributed by atoms with Crippen LogP contribution in [0.1, 0.15) is 52.9 Å². The predicted octanol–water partition coefficient (Wildman–Crippen LogP) is 0.860. The lowest BCUT2D eigenvalue weighted by Crippen LogP contribution is -2.46. The molecule has 2 amide bonds. The summed E-state index contributed by atoms with van der Waals surface area (Å²) in [6, 6.07) is -0.700. The van der Waals surface area contributed by atoms with E-state index in [1.165, 1.54) is 6.92 Å². The number of rotatable bonds is 24. The van der Waals surface area contributed by atoms with E-state index in [9.17, 15) is 19.2 Å². The summed E-state index contributed by atoms with van der Waals surface area (Å²) in [5, 5.41) is 11.9. The molecule has 0 aliphatic rings. The number of ketones is 2. The van der Waals surface area contributed by atoms with Gasteiger partial charge in [0, 0.05) is 63.5 Å². The van der Waals surface area contributed by atoms with E-state index in [1.807, 2.05) is 13.8 Å². The second-order valence-electron chi connectivity index (χ2n) is 9.14. The average molecular weight is 528 g/mol. The van der Waals surface area contributed by atoms with E-state index in [0.717, 1.165) is 0 Å². The summed E-state index contributed by atoms with van der Waals surface area (Å²) in [6.07, 6.45) is 0.953. The zero-order valence-corrected chi connectivity index (χ0v) is 22.5. The number of hydrogen-bond donors (Lipinski definition) is 4. The van der Waals surface area contributed by atoms with Crippen molar-refractivity contribution < 1.29 is 28.7 Å². The van der Waals surface area contributed by atoms with Gasteiger partial charge in [-0.05, 0) is 31.2 Å². The smallest absolute Gasteiger partial charge is 0.224 e. The van der Waals surface area contributed by atoms with Crippen molar-refractivity contribution in [1.82, 2.24) is 16.0 Å². The van der Waals surface area contributed by atoms with Gasteiger partial charge in [0.15, 0.2) is 5.78 Å². The standard InChI is InChI=1S/C24H45N7O6/c1-18(2)15-21(22(33)5-4-11-36-13-14-37-12-10-29-31-26)30-24(35)20(16-19(3)32)17-23(34)28-9-8-27-7-6-25/h18,20-21,27H,4-17,25H2,1-3H3,(H,28,34)(H,30,35)/t20-,21+/m0/s1. The third-order valence-electron chi connectivity index (χ3n) is 5.18. The van der Waals surface area contributed by atoms with Crippen LogP contribution in [0.15, 0.2) is 5.11 Å². The largest absolute Gasteiger partial charge is 0.379 e. The Kier molecular flexibility index (Phi) is 21.0. The normalized spacial score (nSPS) is 12.5. The maximum absolute atomic E-state index is 13.0. The molecule has 212 valence electrons. The second kappa shape index (κ2) is 22.6. The number of nitrogens with zero attached hydrogens (tertiary/aromatic N) is 3. The summed E-state index contributed by atoms with van der Waals surface area (Å²) in [5.41, 5.74) is 13.6. The summed E-state index contributed by atoms with van der Waals surface area (Å²) in [5.74, 6) is -1.82. The Balaban J connectivity index is 4.68. The molecule has 37 heavy (non-hydrogen) atoms. The fourth-order valence-electron chi connectivity index (χ4n) is 3.44. The molecule has 0 aromatic carbocycles. The van der Waals surface area contributed by atoms with Crippen molar-refractivity contribution in [2.45, 2.75) is 58.9 Å². The van der Waals surface area contributed by atoms with Crippen LogP contribution >= 0.6 is 0 Å². The molecule has 13 heteroatoms. The summed E-state index contributed by atoms with van der Waals surface area (Å²) in [6.45, 7) is 9.00. The van der Waals surface area contributed by atoms with Gasteiger partial charge >= 0.3 is 0 Å². The lowest BCUT2D eigenvalue weighted by molar-refractivity contribution is -0.134. The van der Waals surface area contributed by atoms with Crippen LogP contribution in [0, 0.1) is 11.8 Å². The predicted molar refractivity (Wildman–Crippen MR) is 140 cm³/mol. The van der Waals surface area contributed by atoms with Crippen LogP contribution in [0.3, 0.4) is 0 Å². The van der Waals surface area contributed by atoms with Gasteiger partial charge in [0.05, 0.1) is 31.8 Å². The van der Waals surface area contributed by atoms with Crippen molar-refractivity contribution in [1.29, 1.82) is 0 Å². The quantitative estimate of drug-likeness (QED) is 0.0613. The topological polar surface area (TPSA) is 198 Å². The lowest BCUT2D eigenvalue weighted by Gasteiger charge is -2.23. The Labute approximate surface area is 219 Å². The van der Waals surface area contributed by atoms with Crippen molar-refractivity contribution in [2.75, 3.05) is 59.2 Å². The Morgan fingerprint density at radius 2 is 1.70 bits per heavy atom. The first-order valence-electron chi connectivity index (χ1n) is 12.9. The van der Waals surface area contributed by atoms with E-state index >= 15 is 0 Å². The van der Waals surface area contributed by atoms with Crippen molar-refractivity contribution in [3.63, 3.8) is 0 Å². The molecule has 0 radical (unpaired) electrons. The van der Waals surface area contributed by atoms with Crippen molar-refractivity contribution >= 4 is 23.4 Å². The number of nitrogens with two attached hydrogens (primary N) is 1. The Morgan fingerprint density at radius 1 is 1.00 bits per heavy atom. The molecule has 13 nitrogen and oxygen atoms in total. The first-order chi connectivity index (χ1) is 17.7. The molecular formula is C24H45N7O6. The molecule has 0 aliphatic carbocycles. The number of ether oxygens (including phenoxy) is 2. The summed E-state index contributed by atoms with van der Waals surface area (Å²) in [7, 11) is 0. The van der Waals surface area contributed by atoms with Crippen molar-refractivity contribution in [2.24, 2.45) is 22.7 Å². The molecule has 2 atom stereocenters. The van der Waals surface area contributed by atoms with Crippen LogP contribution in [0.2, 0.25) is 0 Å². The molecule has 0 heterocycles. The summed E-state index contributed by atoms with van der Waals surface area (Å²) >= 11 is 0. The van der Waals surface area contributed by atoms with Crippen molar-refractivity contribution in [3.8, 4) is 0 Å².